The van der Waals surface area contributed by atoms with Crippen LogP contribution in [0, 0.1) is 0 Å². The van der Waals surface area contributed by atoms with Gasteiger partial charge in [0.25, 0.3) is 11.8 Å². The average Bonchev–Trinajstić information content (AvgIpc) is 3.38. The van der Waals surface area contributed by atoms with Gasteiger partial charge in [0.05, 0.1) is 18.4 Å². The van der Waals surface area contributed by atoms with Crippen LogP contribution < -0.4 is 5.32 Å². The first-order valence-electron chi connectivity index (χ1n) is 9.10. The van der Waals surface area contributed by atoms with Gasteiger partial charge < -0.3 is 9.88 Å². The molecule has 29 heavy (non-hydrogen) atoms. The maximum absolute atomic E-state index is 13.0. The Bertz CT molecular complexity index is 1220. The number of hydrogen-bond acceptors (Lipinski definition) is 6. The molecular formula is C20H16N6O2S. The summed E-state index contributed by atoms with van der Waals surface area (Å²) in [6.07, 6.45) is 6.90. The van der Waals surface area contributed by atoms with Gasteiger partial charge in [-0.1, -0.05) is 17.4 Å². The SMILES string of the molecule is O=C(Nc1nc2c(s1)CN(C(=O)c1ccc3cc[nH]c3c1)CC2)c1cnccn1. The van der Waals surface area contributed by atoms with E-state index in [4.69, 9.17) is 0 Å². The van der Waals surface area contributed by atoms with Crippen LogP contribution in [0.5, 0.6) is 0 Å². The molecule has 0 atom stereocenters. The Morgan fingerprint density at radius 1 is 1.21 bits per heavy atom. The summed E-state index contributed by atoms with van der Waals surface area (Å²) >= 11 is 1.39. The number of amides is 2. The Labute approximate surface area is 169 Å². The summed E-state index contributed by atoms with van der Waals surface area (Å²) in [6, 6.07) is 7.66. The van der Waals surface area contributed by atoms with E-state index < -0.39 is 0 Å². The van der Waals surface area contributed by atoms with Crippen LogP contribution >= 0.6 is 11.3 Å². The molecule has 144 valence electrons. The molecule has 8 nitrogen and oxygen atoms in total. The third-order valence-corrected chi connectivity index (χ3v) is 5.83. The lowest BCUT2D eigenvalue weighted by Crippen LogP contribution is -2.35. The van der Waals surface area contributed by atoms with Crippen molar-refractivity contribution in [3.05, 3.63) is 70.9 Å². The monoisotopic (exact) mass is 404 g/mol. The number of aromatic amines is 1. The number of thiazole rings is 1. The lowest BCUT2D eigenvalue weighted by atomic mass is 10.1. The second kappa shape index (κ2) is 7.10. The van der Waals surface area contributed by atoms with Gasteiger partial charge in [0.15, 0.2) is 5.13 Å². The standard InChI is InChI=1S/C20H16N6O2S/c27-18(16-10-21-6-7-23-16)25-20-24-14-4-8-26(11-17(14)29-20)19(28)13-2-1-12-3-5-22-15(12)9-13/h1-3,5-7,9-10,22H,4,8,11H2,(H,24,25,27). The predicted molar refractivity (Wildman–Crippen MR) is 109 cm³/mol. The summed E-state index contributed by atoms with van der Waals surface area (Å²) in [4.78, 5) is 43.6. The predicted octanol–water partition coefficient (Wildman–Crippen LogP) is 2.87. The molecule has 2 amide bonds. The molecule has 9 heteroatoms. The fourth-order valence-electron chi connectivity index (χ4n) is 3.36. The normalized spacial score (nSPS) is 13.3. The molecular weight excluding hydrogens is 388 g/mol. The number of benzene rings is 1. The van der Waals surface area contributed by atoms with Crippen molar-refractivity contribution < 1.29 is 9.59 Å². The van der Waals surface area contributed by atoms with Gasteiger partial charge in [-0.05, 0) is 23.6 Å². The highest BCUT2D eigenvalue weighted by Crippen LogP contribution is 2.29. The Morgan fingerprint density at radius 2 is 2.14 bits per heavy atom. The summed E-state index contributed by atoms with van der Waals surface area (Å²) in [5.74, 6) is -0.359. The van der Waals surface area contributed by atoms with Crippen molar-refractivity contribution >= 4 is 39.2 Å². The Balaban J connectivity index is 1.32. The number of anilines is 1. The highest BCUT2D eigenvalue weighted by atomic mass is 32.1. The van der Waals surface area contributed by atoms with Crippen LogP contribution in [0.4, 0.5) is 5.13 Å². The van der Waals surface area contributed by atoms with Gasteiger partial charge in [0.1, 0.15) is 5.69 Å². The molecule has 0 saturated carbocycles. The average molecular weight is 404 g/mol. The summed E-state index contributed by atoms with van der Waals surface area (Å²) in [5.41, 5.74) is 2.76. The van der Waals surface area contributed by atoms with Crippen molar-refractivity contribution in [1.82, 2.24) is 24.8 Å². The van der Waals surface area contributed by atoms with Crippen LogP contribution in [0.1, 0.15) is 31.4 Å². The van der Waals surface area contributed by atoms with E-state index in [0.717, 1.165) is 21.5 Å². The Kier molecular flexibility index (Phi) is 4.28. The van der Waals surface area contributed by atoms with E-state index >= 15 is 0 Å². The minimum Gasteiger partial charge on any atom is -0.361 e. The van der Waals surface area contributed by atoms with Gasteiger partial charge >= 0.3 is 0 Å². The zero-order valence-corrected chi connectivity index (χ0v) is 16.1. The molecule has 3 aromatic heterocycles. The van der Waals surface area contributed by atoms with E-state index in [1.807, 2.05) is 35.4 Å². The molecule has 0 aliphatic carbocycles. The molecule has 0 unspecified atom stereocenters. The molecule has 1 aromatic carbocycles. The van der Waals surface area contributed by atoms with Gasteiger partial charge in [0.2, 0.25) is 0 Å². The molecule has 0 spiro atoms. The Hall–Kier alpha value is -3.59. The van der Waals surface area contributed by atoms with E-state index in [0.29, 0.717) is 30.2 Å². The highest BCUT2D eigenvalue weighted by Gasteiger charge is 2.25. The summed E-state index contributed by atoms with van der Waals surface area (Å²) in [6.45, 7) is 1.07. The summed E-state index contributed by atoms with van der Waals surface area (Å²) < 4.78 is 0. The fourth-order valence-corrected chi connectivity index (χ4v) is 4.38. The van der Waals surface area contributed by atoms with E-state index in [-0.39, 0.29) is 17.5 Å². The van der Waals surface area contributed by atoms with Crippen molar-refractivity contribution in [1.29, 1.82) is 0 Å². The van der Waals surface area contributed by atoms with Crippen molar-refractivity contribution in [2.75, 3.05) is 11.9 Å². The molecule has 1 aliphatic rings. The van der Waals surface area contributed by atoms with Crippen LogP contribution in [-0.4, -0.2) is 43.2 Å². The van der Waals surface area contributed by atoms with Gasteiger partial charge in [-0.3, -0.25) is 19.9 Å². The van der Waals surface area contributed by atoms with Crippen LogP contribution in [0.2, 0.25) is 0 Å². The fraction of sp³-hybridized carbons (Fsp3) is 0.150. The molecule has 0 fully saturated rings. The maximum Gasteiger partial charge on any atom is 0.277 e. The largest absolute Gasteiger partial charge is 0.361 e. The molecule has 4 aromatic rings. The maximum atomic E-state index is 13.0. The minimum atomic E-state index is -0.351. The van der Waals surface area contributed by atoms with Crippen molar-refractivity contribution in [2.45, 2.75) is 13.0 Å². The molecule has 0 bridgehead atoms. The zero-order valence-electron chi connectivity index (χ0n) is 15.3. The van der Waals surface area contributed by atoms with Gasteiger partial charge in [0, 0.05) is 47.5 Å². The van der Waals surface area contributed by atoms with Gasteiger partial charge in [-0.25, -0.2) is 9.97 Å². The number of fused-ring (bicyclic) bond motifs is 2. The topological polar surface area (TPSA) is 104 Å². The van der Waals surface area contributed by atoms with Crippen LogP contribution in [0.3, 0.4) is 0 Å². The minimum absolute atomic E-state index is 0.00862. The summed E-state index contributed by atoms with van der Waals surface area (Å²) in [5, 5.41) is 4.35. The lowest BCUT2D eigenvalue weighted by Gasteiger charge is -2.26. The first-order valence-corrected chi connectivity index (χ1v) is 9.91. The van der Waals surface area contributed by atoms with Crippen LogP contribution in [-0.2, 0) is 13.0 Å². The molecule has 1 aliphatic heterocycles. The third-order valence-electron chi connectivity index (χ3n) is 4.84. The van der Waals surface area contributed by atoms with Gasteiger partial charge in [-0.15, -0.1) is 0 Å². The second-order valence-corrected chi connectivity index (χ2v) is 7.77. The van der Waals surface area contributed by atoms with Crippen molar-refractivity contribution in [3.8, 4) is 0 Å². The highest BCUT2D eigenvalue weighted by molar-refractivity contribution is 7.15. The number of nitrogens with zero attached hydrogens (tertiary/aromatic N) is 4. The van der Waals surface area contributed by atoms with Crippen molar-refractivity contribution in [3.63, 3.8) is 0 Å². The van der Waals surface area contributed by atoms with Crippen LogP contribution in [0.15, 0.2) is 49.1 Å². The molecule has 0 radical (unpaired) electrons. The van der Waals surface area contributed by atoms with E-state index in [1.54, 1.807) is 0 Å². The van der Waals surface area contributed by atoms with Gasteiger partial charge in [-0.2, -0.15) is 0 Å². The zero-order chi connectivity index (χ0) is 19.8. The molecule has 2 N–H and O–H groups in total. The Morgan fingerprint density at radius 3 is 3.00 bits per heavy atom. The first-order chi connectivity index (χ1) is 14.2. The summed E-state index contributed by atoms with van der Waals surface area (Å²) in [7, 11) is 0. The quantitative estimate of drug-likeness (QED) is 0.546. The number of carbonyl (C=O) groups excluding carboxylic acids is 2. The number of aromatic nitrogens is 4. The lowest BCUT2D eigenvalue weighted by molar-refractivity contribution is 0.0736. The third kappa shape index (κ3) is 3.36. The smallest absolute Gasteiger partial charge is 0.277 e. The number of carbonyl (C=O) groups is 2. The molecule has 0 saturated heterocycles. The number of rotatable bonds is 3. The number of hydrogen-bond donors (Lipinski definition) is 2. The molecule has 5 rings (SSSR count). The van der Waals surface area contributed by atoms with E-state index in [2.05, 4.69) is 25.3 Å². The number of nitrogens with one attached hydrogen (secondary N) is 2. The first kappa shape index (κ1) is 17.5. The second-order valence-electron chi connectivity index (χ2n) is 6.69. The van der Waals surface area contributed by atoms with E-state index in [1.165, 1.54) is 29.9 Å². The van der Waals surface area contributed by atoms with Crippen molar-refractivity contribution in [2.24, 2.45) is 0 Å². The number of H-pyrrole nitrogens is 1. The van der Waals surface area contributed by atoms with E-state index in [9.17, 15) is 9.59 Å². The molecule has 4 heterocycles. The van der Waals surface area contributed by atoms with Crippen LogP contribution in [0.25, 0.3) is 10.9 Å².